The third-order valence-corrected chi connectivity index (χ3v) is 4.65. The molecule has 1 fully saturated rings. The fraction of sp³-hybridized carbons (Fsp3) is 0.625. The summed E-state index contributed by atoms with van der Waals surface area (Å²) in [6.45, 7) is 6.66. The van der Waals surface area contributed by atoms with Gasteiger partial charge in [0.25, 0.3) is 0 Å². The summed E-state index contributed by atoms with van der Waals surface area (Å²) in [5, 5.41) is 0. The van der Waals surface area contributed by atoms with Crippen molar-refractivity contribution in [1.82, 2.24) is 4.98 Å². The van der Waals surface area contributed by atoms with Crippen molar-refractivity contribution in [2.24, 2.45) is 17.8 Å². The first-order valence-corrected chi connectivity index (χ1v) is 8.09. The molecule has 1 heterocycles. The first-order valence-electron chi connectivity index (χ1n) is 7.30. The van der Waals surface area contributed by atoms with E-state index >= 15 is 0 Å². The van der Waals surface area contributed by atoms with Crippen molar-refractivity contribution >= 4 is 21.9 Å². The Morgan fingerprint density at radius 1 is 1.40 bits per heavy atom. The van der Waals surface area contributed by atoms with Crippen LogP contribution in [0.4, 0.5) is 0 Å². The second-order valence-corrected chi connectivity index (χ2v) is 6.95. The minimum atomic E-state index is -0.255. The first kappa shape index (κ1) is 15.5. The second-order valence-electron chi connectivity index (χ2n) is 6.14. The molecule has 3 atom stereocenters. The average molecular weight is 340 g/mol. The molecule has 3 unspecified atom stereocenters. The molecule has 2 rings (SSSR count). The van der Waals surface area contributed by atoms with E-state index in [2.05, 4.69) is 41.7 Å². The van der Waals surface area contributed by atoms with Gasteiger partial charge in [0.15, 0.2) is 0 Å². The lowest BCUT2D eigenvalue weighted by molar-refractivity contribution is -0.0174. The monoisotopic (exact) mass is 339 g/mol. The number of carbonyl (C=O) groups excluding carboxylic acids is 1. The van der Waals surface area contributed by atoms with Crippen molar-refractivity contribution in [2.75, 3.05) is 0 Å². The Hall–Kier alpha value is -0.900. The molecule has 0 radical (unpaired) electrons. The molecular weight excluding hydrogens is 318 g/mol. The van der Waals surface area contributed by atoms with Gasteiger partial charge in [0.1, 0.15) is 10.7 Å². The Kier molecular flexibility index (Phi) is 5.19. The predicted molar refractivity (Wildman–Crippen MR) is 82.5 cm³/mol. The molecule has 110 valence electrons. The summed E-state index contributed by atoms with van der Waals surface area (Å²) >= 11 is 3.27. The van der Waals surface area contributed by atoms with Crippen molar-refractivity contribution in [2.45, 2.75) is 46.1 Å². The van der Waals surface area contributed by atoms with Gasteiger partial charge in [-0.2, -0.15) is 0 Å². The zero-order valence-corrected chi connectivity index (χ0v) is 13.9. The lowest BCUT2D eigenvalue weighted by Crippen LogP contribution is -2.35. The number of rotatable bonds is 3. The first-order chi connectivity index (χ1) is 9.47. The predicted octanol–water partition coefficient (Wildman–Crippen LogP) is 4.46. The van der Waals surface area contributed by atoms with Gasteiger partial charge in [0, 0.05) is 6.20 Å². The molecular formula is C16H22BrNO2. The van der Waals surface area contributed by atoms with Crippen LogP contribution in [0.3, 0.4) is 0 Å². The highest BCUT2D eigenvalue weighted by atomic mass is 79.9. The lowest BCUT2D eigenvalue weighted by atomic mass is 9.75. The number of aromatic nitrogens is 1. The number of ether oxygens (including phenoxy) is 1. The van der Waals surface area contributed by atoms with E-state index in [1.54, 1.807) is 18.3 Å². The molecule has 0 N–H and O–H groups in total. The summed E-state index contributed by atoms with van der Waals surface area (Å²) in [6, 6.07) is 3.51. The molecule has 20 heavy (non-hydrogen) atoms. The van der Waals surface area contributed by atoms with Gasteiger partial charge in [0.2, 0.25) is 0 Å². The number of hydrogen-bond donors (Lipinski definition) is 0. The van der Waals surface area contributed by atoms with E-state index in [0.29, 0.717) is 23.3 Å². The Balaban J connectivity index is 2.05. The van der Waals surface area contributed by atoms with Crippen LogP contribution in [-0.2, 0) is 4.74 Å². The number of carbonyl (C=O) groups is 1. The molecule has 0 spiro atoms. The van der Waals surface area contributed by atoms with Crippen LogP contribution >= 0.6 is 15.9 Å². The van der Waals surface area contributed by atoms with E-state index in [-0.39, 0.29) is 12.1 Å². The number of esters is 1. The lowest BCUT2D eigenvalue weighted by Gasteiger charge is -2.36. The maximum Gasteiger partial charge on any atom is 0.339 e. The maximum absolute atomic E-state index is 12.2. The number of halogens is 1. The van der Waals surface area contributed by atoms with Crippen LogP contribution in [-0.4, -0.2) is 17.1 Å². The van der Waals surface area contributed by atoms with Crippen molar-refractivity contribution in [3.63, 3.8) is 0 Å². The van der Waals surface area contributed by atoms with Crippen molar-refractivity contribution in [3.05, 3.63) is 28.5 Å². The van der Waals surface area contributed by atoms with E-state index in [4.69, 9.17) is 4.74 Å². The summed E-state index contributed by atoms with van der Waals surface area (Å²) in [6.07, 6.45) is 4.95. The quantitative estimate of drug-likeness (QED) is 0.602. The molecule has 0 aromatic carbocycles. The Labute approximate surface area is 129 Å². The number of hydrogen-bond acceptors (Lipinski definition) is 3. The third kappa shape index (κ3) is 3.81. The maximum atomic E-state index is 12.2. The zero-order valence-electron chi connectivity index (χ0n) is 12.3. The molecule has 0 amide bonds. The fourth-order valence-electron chi connectivity index (χ4n) is 2.95. The average Bonchev–Trinajstić information content (AvgIpc) is 2.39. The van der Waals surface area contributed by atoms with Gasteiger partial charge in [-0.3, -0.25) is 0 Å². The molecule has 0 saturated heterocycles. The van der Waals surface area contributed by atoms with E-state index in [9.17, 15) is 4.79 Å². The van der Waals surface area contributed by atoms with E-state index in [1.807, 2.05) is 0 Å². The summed E-state index contributed by atoms with van der Waals surface area (Å²) < 4.78 is 6.49. The fourth-order valence-corrected chi connectivity index (χ4v) is 3.19. The van der Waals surface area contributed by atoms with Crippen LogP contribution in [0.5, 0.6) is 0 Å². The molecule has 1 aliphatic carbocycles. The topological polar surface area (TPSA) is 39.2 Å². The molecule has 1 aliphatic rings. The van der Waals surface area contributed by atoms with Crippen LogP contribution in [0.2, 0.25) is 0 Å². The minimum Gasteiger partial charge on any atom is -0.458 e. The number of pyridine rings is 1. The Bertz CT molecular complexity index is 458. The van der Waals surface area contributed by atoms with Crippen LogP contribution < -0.4 is 0 Å². The van der Waals surface area contributed by atoms with E-state index in [1.165, 1.54) is 6.42 Å². The highest BCUT2D eigenvalue weighted by Crippen LogP contribution is 2.35. The normalized spacial score (nSPS) is 26.6. The minimum absolute atomic E-state index is 0.0369. The van der Waals surface area contributed by atoms with Gasteiger partial charge < -0.3 is 4.74 Å². The van der Waals surface area contributed by atoms with Gasteiger partial charge in [-0.05, 0) is 58.7 Å². The Morgan fingerprint density at radius 2 is 2.15 bits per heavy atom. The van der Waals surface area contributed by atoms with Gasteiger partial charge in [0.05, 0.1) is 5.56 Å². The standard InChI is InChI=1S/C16H22BrNO2/c1-10(2)13-6-4-11(3)8-14(13)20-16(19)12-5-7-15(17)18-9-12/h5,7,9-11,13-14H,4,6,8H2,1-3H3. The largest absolute Gasteiger partial charge is 0.458 e. The molecule has 0 aliphatic heterocycles. The molecule has 1 saturated carbocycles. The van der Waals surface area contributed by atoms with Crippen LogP contribution in [0.15, 0.2) is 22.9 Å². The van der Waals surface area contributed by atoms with Crippen LogP contribution in [0.1, 0.15) is 50.4 Å². The number of nitrogens with zero attached hydrogens (tertiary/aromatic N) is 1. The highest BCUT2D eigenvalue weighted by Gasteiger charge is 2.33. The summed E-state index contributed by atoms with van der Waals surface area (Å²) in [7, 11) is 0. The van der Waals surface area contributed by atoms with Crippen LogP contribution in [0.25, 0.3) is 0 Å². The van der Waals surface area contributed by atoms with Crippen molar-refractivity contribution < 1.29 is 9.53 Å². The highest BCUT2D eigenvalue weighted by molar-refractivity contribution is 9.10. The van der Waals surface area contributed by atoms with Gasteiger partial charge >= 0.3 is 5.97 Å². The van der Waals surface area contributed by atoms with Crippen LogP contribution in [0, 0.1) is 17.8 Å². The third-order valence-electron chi connectivity index (χ3n) is 4.18. The van der Waals surface area contributed by atoms with E-state index in [0.717, 1.165) is 17.4 Å². The summed E-state index contributed by atoms with van der Waals surface area (Å²) in [5.41, 5.74) is 0.522. The van der Waals surface area contributed by atoms with Crippen molar-refractivity contribution in [3.8, 4) is 0 Å². The summed E-state index contributed by atoms with van der Waals surface area (Å²) in [4.78, 5) is 16.3. The molecule has 3 nitrogen and oxygen atoms in total. The molecule has 0 bridgehead atoms. The van der Waals surface area contributed by atoms with Gasteiger partial charge in [-0.1, -0.05) is 27.2 Å². The van der Waals surface area contributed by atoms with E-state index < -0.39 is 0 Å². The SMILES string of the molecule is CC1CCC(C(C)C)C(OC(=O)c2ccc(Br)nc2)C1. The van der Waals surface area contributed by atoms with Crippen molar-refractivity contribution in [1.29, 1.82) is 0 Å². The molecule has 4 heteroatoms. The molecule has 1 aromatic heterocycles. The zero-order chi connectivity index (χ0) is 14.7. The Morgan fingerprint density at radius 3 is 2.75 bits per heavy atom. The van der Waals surface area contributed by atoms with Gasteiger partial charge in [-0.25, -0.2) is 9.78 Å². The smallest absolute Gasteiger partial charge is 0.339 e. The second kappa shape index (κ2) is 6.70. The summed E-state index contributed by atoms with van der Waals surface area (Å²) in [5.74, 6) is 1.39. The molecule has 1 aromatic rings. The van der Waals surface area contributed by atoms with Gasteiger partial charge in [-0.15, -0.1) is 0 Å².